The number of hydrogen-bond acceptors (Lipinski definition) is 1. The Morgan fingerprint density at radius 3 is 2.31 bits per heavy atom. The molecule has 1 N–H and O–H groups in total. The first-order valence-electron chi connectivity index (χ1n) is 6.11. The lowest BCUT2D eigenvalue weighted by Crippen LogP contribution is -2.25. The fraction of sp³-hybridized carbons (Fsp3) is 0.571. The smallest absolute Gasteiger partial charge is 0.0899 e. The van der Waals surface area contributed by atoms with Crippen LogP contribution in [0.25, 0.3) is 0 Å². The van der Waals surface area contributed by atoms with Crippen molar-refractivity contribution in [2.75, 3.05) is 0 Å². The molecule has 0 atom stereocenters. The number of aliphatic hydroxyl groups is 1. The van der Waals surface area contributed by atoms with Gasteiger partial charge in [-0.3, -0.25) is 0 Å². The highest BCUT2D eigenvalue weighted by molar-refractivity contribution is 9.10. The first-order valence-corrected chi connectivity index (χ1v) is 6.90. The van der Waals surface area contributed by atoms with Crippen molar-refractivity contribution in [1.29, 1.82) is 0 Å². The summed E-state index contributed by atoms with van der Waals surface area (Å²) in [7, 11) is 0. The molecule has 88 valence electrons. The van der Waals surface area contributed by atoms with Gasteiger partial charge < -0.3 is 5.11 Å². The lowest BCUT2D eigenvalue weighted by Gasteiger charge is -2.29. The maximum Gasteiger partial charge on any atom is 0.0899 e. The highest BCUT2D eigenvalue weighted by Gasteiger charge is 2.31. The van der Waals surface area contributed by atoms with Gasteiger partial charge in [0, 0.05) is 4.47 Å². The molecule has 0 aliphatic heterocycles. The predicted octanol–water partition coefficient (Wildman–Crippen LogP) is 4.30. The summed E-state index contributed by atoms with van der Waals surface area (Å²) in [6.45, 7) is 2.09. The van der Waals surface area contributed by atoms with Gasteiger partial charge in [0.2, 0.25) is 0 Å². The molecule has 1 aromatic carbocycles. The van der Waals surface area contributed by atoms with E-state index in [0.717, 1.165) is 35.7 Å². The predicted molar refractivity (Wildman–Crippen MR) is 70.5 cm³/mol. The SMILES string of the molecule is Cc1cc(Br)ccc1C1(O)CCCCCC1. The third kappa shape index (κ3) is 2.49. The van der Waals surface area contributed by atoms with Crippen molar-refractivity contribution in [2.45, 2.75) is 51.0 Å². The second-order valence-electron chi connectivity index (χ2n) is 4.91. The minimum atomic E-state index is -0.582. The van der Waals surface area contributed by atoms with E-state index in [0.29, 0.717) is 0 Å². The molecule has 1 aliphatic carbocycles. The molecular weight excluding hydrogens is 264 g/mol. The zero-order chi connectivity index (χ0) is 11.6. The Labute approximate surface area is 106 Å². The minimum Gasteiger partial charge on any atom is -0.385 e. The summed E-state index contributed by atoms with van der Waals surface area (Å²) in [5, 5.41) is 10.8. The van der Waals surface area contributed by atoms with Gasteiger partial charge in [-0.25, -0.2) is 0 Å². The van der Waals surface area contributed by atoms with Gasteiger partial charge in [-0.05, 0) is 43.0 Å². The summed E-state index contributed by atoms with van der Waals surface area (Å²) in [6, 6.07) is 6.20. The Hall–Kier alpha value is -0.340. The van der Waals surface area contributed by atoms with Crippen molar-refractivity contribution < 1.29 is 5.11 Å². The standard InChI is InChI=1S/C14H19BrO/c1-11-10-12(15)6-7-13(11)14(16)8-4-2-3-5-9-14/h6-7,10,16H,2-5,8-9H2,1H3. The topological polar surface area (TPSA) is 20.2 Å². The van der Waals surface area contributed by atoms with E-state index in [1.54, 1.807) is 0 Å². The van der Waals surface area contributed by atoms with Gasteiger partial charge in [-0.1, -0.05) is 47.7 Å². The summed E-state index contributed by atoms with van der Waals surface area (Å²) in [4.78, 5) is 0. The summed E-state index contributed by atoms with van der Waals surface area (Å²) < 4.78 is 1.09. The van der Waals surface area contributed by atoms with Crippen molar-refractivity contribution >= 4 is 15.9 Å². The van der Waals surface area contributed by atoms with Crippen LogP contribution in [-0.4, -0.2) is 5.11 Å². The summed E-state index contributed by atoms with van der Waals surface area (Å²) in [5.74, 6) is 0. The molecule has 1 saturated carbocycles. The van der Waals surface area contributed by atoms with Crippen LogP contribution >= 0.6 is 15.9 Å². The Balaban J connectivity index is 2.33. The van der Waals surface area contributed by atoms with Crippen LogP contribution in [0.5, 0.6) is 0 Å². The Morgan fingerprint density at radius 1 is 1.12 bits per heavy atom. The molecule has 0 amide bonds. The van der Waals surface area contributed by atoms with E-state index in [1.165, 1.54) is 18.4 Å². The van der Waals surface area contributed by atoms with Gasteiger partial charge in [0.05, 0.1) is 5.60 Å². The van der Waals surface area contributed by atoms with E-state index in [1.807, 2.05) is 6.07 Å². The summed E-state index contributed by atoms with van der Waals surface area (Å²) in [6.07, 6.45) is 6.64. The van der Waals surface area contributed by atoms with E-state index in [-0.39, 0.29) is 0 Å². The molecular formula is C14H19BrO. The molecule has 0 radical (unpaired) electrons. The van der Waals surface area contributed by atoms with Crippen molar-refractivity contribution in [3.05, 3.63) is 33.8 Å². The van der Waals surface area contributed by atoms with Crippen LogP contribution in [0.1, 0.15) is 49.7 Å². The quantitative estimate of drug-likeness (QED) is 0.762. The highest BCUT2D eigenvalue weighted by Crippen LogP contribution is 2.37. The van der Waals surface area contributed by atoms with Crippen molar-refractivity contribution in [1.82, 2.24) is 0 Å². The van der Waals surface area contributed by atoms with Crippen LogP contribution in [0, 0.1) is 6.92 Å². The van der Waals surface area contributed by atoms with Crippen molar-refractivity contribution in [3.8, 4) is 0 Å². The molecule has 1 nitrogen and oxygen atoms in total. The average Bonchev–Trinajstić information content (AvgIpc) is 2.43. The van der Waals surface area contributed by atoms with Crippen molar-refractivity contribution in [2.24, 2.45) is 0 Å². The minimum absolute atomic E-state index is 0.582. The lowest BCUT2D eigenvalue weighted by atomic mass is 9.84. The van der Waals surface area contributed by atoms with Gasteiger partial charge in [0.1, 0.15) is 0 Å². The van der Waals surface area contributed by atoms with Crippen LogP contribution in [0.15, 0.2) is 22.7 Å². The van der Waals surface area contributed by atoms with E-state index in [9.17, 15) is 5.11 Å². The largest absolute Gasteiger partial charge is 0.385 e. The highest BCUT2D eigenvalue weighted by atomic mass is 79.9. The van der Waals surface area contributed by atoms with E-state index in [2.05, 4.69) is 35.0 Å². The molecule has 0 heterocycles. The second kappa shape index (κ2) is 4.89. The number of rotatable bonds is 1. The zero-order valence-corrected chi connectivity index (χ0v) is 11.4. The Bertz CT molecular complexity index is 365. The van der Waals surface area contributed by atoms with E-state index >= 15 is 0 Å². The van der Waals surface area contributed by atoms with E-state index < -0.39 is 5.60 Å². The van der Waals surface area contributed by atoms with Crippen LogP contribution in [0.4, 0.5) is 0 Å². The summed E-state index contributed by atoms with van der Waals surface area (Å²) >= 11 is 3.47. The molecule has 2 rings (SSSR count). The van der Waals surface area contributed by atoms with Gasteiger partial charge >= 0.3 is 0 Å². The maximum absolute atomic E-state index is 10.8. The van der Waals surface area contributed by atoms with Gasteiger partial charge in [0.15, 0.2) is 0 Å². The lowest BCUT2D eigenvalue weighted by molar-refractivity contribution is 0.0201. The Morgan fingerprint density at radius 2 is 1.75 bits per heavy atom. The van der Waals surface area contributed by atoms with E-state index in [4.69, 9.17) is 0 Å². The maximum atomic E-state index is 10.8. The number of aryl methyl sites for hydroxylation is 1. The number of hydrogen-bond donors (Lipinski definition) is 1. The number of benzene rings is 1. The van der Waals surface area contributed by atoms with Crippen molar-refractivity contribution in [3.63, 3.8) is 0 Å². The molecule has 2 heteroatoms. The first kappa shape index (κ1) is 12.1. The zero-order valence-electron chi connectivity index (χ0n) is 9.80. The Kier molecular flexibility index (Phi) is 3.70. The van der Waals surface area contributed by atoms with Crippen LogP contribution in [0.2, 0.25) is 0 Å². The van der Waals surface area contributed by atoms with Crippen LogP contribution in [-0.2, 0) is 5.60 Å². The molecule has 0 bridgehead atoms. The molecule has 1 aliphatic rings. The molecule has 0 unspecified atom stereocenters. The average molecular weight is 283 g/mol. The molecule has 0 aromatic heterocycles. The third-order valence-electron chi connectivity index (χ3n) is 3.62. The van der Waals surface area contributed by atoms with Crippen LogP contribution in [0.3, 0.4) is 0 Å². The normalized spacial score (nSPS) is 20.4. The molecule has 16 heavy (non-hydrogen) atoms. The number of halogens is 1. The molecule has 0 spiro atoms. The first-order chi connectivity index (χ1) is 7.62. The van der Waals surface area contributed by atoms with Gasteiger partial charge in [-0.2, -0.15) is 0 Å². The summed E-state index contributed by atoms with van der Waals surface area (Å²) in [5.41, 5.74) is 1.73. The monoisotopic (exact) mass is 282 g/mol. The second-order valence-corrected chi connectivity index (χ2v) is 5.82. The third-order valence-corrected chi connectivity index (χ3v) is 4.11. The fourth-order valence-corrected chi connectivity index (χ4v) is 3.21. The molecule has 0 saturated heterocycles. The molecule has 1 aromatic rings. The molecule has 1 fully saturated rings. The van der Waals surface area contributed by atoms with Crippen LogP contribution < -0.4 is 0 Å². The van der Waals surface area contributed by atoms with Gasteiger partial charge in [0.25, 0.3) is 0 Å². The fourth-order valence-electron chi connectivity index (χ4n) is 2.73. The van der Waals surface area contributed by atoms with Gasteiger partial charge in [-0.15, -0.1) is 0 Å².